The maximum atomic E-state index is 5.74. The van der Waals surface area contributed by atoms with Gasteiger partial charge in [0.05, 0.1) is 0 Å². The molecule has 1 aliphatic rings. The SMILES string of the molecule is NNC(CCCc1ccccc1)C1=CCCCCC1. The van der Waals surface area contributed by atoms with Gasteiger partial charge in [-0.25, -0.2) is 0 Å². The molecule has 0 aromatic heterocycles. The van der Waals surface area contributed by atoms with E-state index < -0.39 is 0 Å². The molecular formula is C17H26N2. The molecule has 1 aromatic rings. The summed E-state index contributed by atoms with van der Waals surface area (Å²) in [6.07, 6.45) is 12.4. The van der Waals surface area contributed by atoms with Crippen LogP contribution in [0.5, 0.6) is 0 Å². The third kappa shape index (κ3) is 4.81. The van der Waals surface area contributed by atoms with Crippen molar-refractivity contribution in [3.8, 4) is 0 Å². The Morgan fingerprint density at radius 3 is 2.74 bits per heavy atom. The summed E-state index contributed by atoms with van der Waals surface area (Å²) in [6, 6.07) is 11.1. The Balaban J connectivity index is 1.80. The van der Waals surface area contributed by atoms with Crippen molar-refractivity contribution in [2.75, 3.05) is 0 Å². The van der Waals surface area contributed by atoms with Gasteiger partial charge in [-0.1, -0.05) is 48.4 Å². The van der Waals surface area contributed by atoms with E-state index in [9.17, 15) is 0 Å². The van der Waals surface area contributed by atoms with Gasteiger partial charge < -0.3 is 0 Å². The van der Waals surface area contributed by atoms with Gasteiger partial charge >= 0.3 is 0 Å². The molecule has 0 saturated heterocycles. The van der Waals surface area contributed by atoms with Crippen LogP contribution in [0.15, 0.2) is 42.0 Å². The molecule has 0 fully saturated rings. The zero-order chi connectivity index (χ0) is 13.3. The fourth-order valence-corrected chi connectivity index (χ4v) is 2.89. The first-order valence-electron chi connectivity index (χ1n) is 7.59. The van der Waals surface area contributed by atoms with E-state index in [-0.39, 0.29) is 0 Å². The molecule has 3 N–H and O–H groups in total. The van der Waals surface area contributed by atoms with Gasteiger partial charge in [0.25, 0.3) is 0 Å². The minimum Gasteiger partial charge on any atom is -0.271 e. The summed E-state index contributed by atoms with van der Waals surface area (Å²) < 4.78 is 0. The number of hydrogen-bond donors (Lipinski definition) is 2. The highest BCUT2D eigenvalue weighted by Crippen LogP contribution is 2.22. The topological polar surface area (TPSA) is 38.0 Å². The Bertz CT molecular complexity index is 384. The van der Waals surface area contributed by atoms with Crippen molar-refractivity contribution in [2.45, 2.75) is 57.4 Å². The molecule has 1 unspecified atom stereocenters. The van der Waals surface area contributed by atoms with Crippen LogP contribution in [0.25, 0.3) is 0 Å². The summed E-state index contributed by atoms with van der Waals surface area (Å²) in [4.78, 5) is 0. The first-order chi connectivity index (χ1) is 9.40. The Labute approximate surface area is 117 Å². The lowest BCUT2D eigenvalue weighted by atomic mass is 9.96. The largest absolute Gasteiger partial charge is 0.271 e. The van der Waals surface area contributed by atoms with E-state index in [4.69, 9.17) is 5.84 Å². The van der Waals surface area contributed by atoms with Crippen LogP contribution in [-0.2, 0) is 6.42 Å². The zero-order valence-corrected chi connectivity index (χ0v) is 11.8. The molecule has 0 bridgehead atoms. The summed E-state index contributed by atoms with van der Waals surface area (Å²) >= 11 is 0. The van der Waals surface area contributed by atoms with Gasteiger partial charge in [-0.2, -0.15) is 0 Å². The lowest BCUT2D eigenvalue weighted by Crippen LogP contribution is -2.36. The summed E-state index contributed by atoms with van der Waals surface area (Å²) in [7, 11) is 0. The van der Waals surface area contributed by atoms with E-state index in [1.165, 1.54) is 49.7 Å². The molecule has 1 aliphatic carbocycles. The lowest BCUT2D eigenvalue weighted by Gasteiger charge is -2.19. The smallest absolute Gasteiger partial charge is 0.0419 e. The molecule has 0 saturated carbocycles. The van der Waals surface area contributed by atoms with Crippen LogP contribution < -0.4 is 11.3 Å². The Morgan fingerprint density at radius 2 is 1.95 bits per heavy atom. The molecular weight excluding hydrogens is 232 g/mol. The van der Waals surface area contributed by atoms with Crippen molar-refractivity contribution >= 4 is 0 Å². The van der Waals surface area contributed by atoms with Crippen LogP contribution in [0.1, 0.15) is 50.5 Å². The number of allylic oxidation sites excluding steroid dienone is 1. The standard InChI is InChI=1S/C17H26N2/c18-19-17(16-12-6-1-2-7-13-16)14-8-11-15-9-4-3-5-10-15/h3-5,9-10,12,17,19H,1-2,6-8,11,13-14,18H2. The van der Waals surface area contributed by atoms with E-state index in [0.717, 1.165) is 12.8 Å². The molecule has 2 rings (SSSR count). The van der Waals surface area contributed by atoms with Crippen molar-refractivity contribution in [3.05, 3.63) is 47.5 Å². The second kappa shape index (κ2) is 8.13. The molecule has 0 spiro atoms. The number of benzene rings is 1. The summed E-state index contributed by atoms with van der Waals surface area (Å²) in [6.45, 7) is 0. The number of nitrogens with two attached hydrogens (primary N) is 1. The molecule has 104 valence electrons. The molecule has 0 amide bonds. The van der Waals surface area contributed by atoms with Gasteiger partial charge in [-0.15, -0.1) is 0 Å². The second-order valence-electron chi connectivity index (χ2n) is 5.48. The van der Waals surface area contributed by atoms with Gasteiger partial charge in [0.15, 0.2) is 0 Å². The number of rotatable bonds is 6. The van der Waals surface area contributed by atoms with Gasteiger partial charge in [-0.3, -0.25) is 11.3 Å². The molecule has 19 heavy (non-hydrogen) atoms. The Kier molecular flexibility index (Phi) is 6.12. The van der Waals surface area contributed by atoms with Crippen molar-refractivity contribution in [3.63, 3.8) is 0 Å². The average molecular weight is 258 g/mol. The number of hydrazine groups is 1. The quantitative estimate of drug-likeness (QED) is 0.463. The zero-order valence-electron chi connectivity index (χ0n) is 11.8. The number of aryl methyl sites for hydroxylation is 1. The predicted octanol–water partition coefficient (Wildman–Crippen LogP) is 3.73. The van der Waals surface area contributed by atoms with E-state index >= 15 is 0 Å². The van der Waals surface area contributed by atoms with Crippen molar-refractivity contribution in [1.29, 1.82) is 0 Å². The van der Waals surface area contributed by atoms with Gasteiger partial charge in [0, 0.05) is 6.04 Å². The molecule has 1 atom stereocenters. The number of nitrogens with one attached hydrogen (secondary N) is 1. The van der Waals surface area contributed by atoms with Gasteiger partial charge in [0.2, 0.25) is 0 Å². The normalized spacial score (nSPS) is 17.6. The van der Waals surface area contributed by atoms with Gasteiger partial charge in [0.1, 0.15) is 0 Å². The second-order valence-corrected chi connectivity index (χ2v) is 5.48. The fraction of sp³-hybridized carbons (Fsp3) is 0.529. The summed E-state index contributed by atoms with van der Waals surface area (Å²) in [5, 5.41) is 0. The molecule has 0 aliphatic heterocycles. The lowest BCUT2D eigenvalue weighted by molar-refractivity contribution is 0.515. The molecule has 2 heteroatoms. The molecule has 0 radical (unpaired) electrons. The van der Waals surface area contributed by atoms with Crippen molar-refractivity contribution in [1.82, 2.24) is 5.43 Å². The number of hydrogen-bond acceptors (Lipinski definition) is 2. The highest BCUT2D eigenvalue weighted by Gasteiger charge is 2.13. The molecule has 1 aromatic carbocycles. The summed E-state index contributed by atoms with van der Waals surface area (Å²) in [5.41, 5.74) is 5.98. The highest BCUT2D eigenvalue weighted by molar-refractivity contribution is 5.15. The van der Waals surface area contributed by atoms with Crippen molar-refractivity contribution < 1.29 is 0 Å². The monoisotopic (exact) mass is 258 g/mol. The van der Waals surface area contributed by atoms with Gasteiger partial charge in [-0.05, 0) is 50.5 Å². The Hall–Kier alpha value is -1.12. The maximum Gasteiger partial charge on any atom is 0.0419 e. The third-order valence-electron chi connectivity index (χ3n) is 4.03. The fourth-order valence-electron chi connectivity index (χ4n) is 2.89. The van der Waals surface area contributed by atoms with Crippen LogP contribution in [0, 0.1) is 0 Å². The van der Waals surface area contributed by atoms with Crippen LogP contribution in [0.2, 0.25) is 0 Å². The van der Waals surface area contributed by atoms with Crippen LogP contribution in [0.4, 0.5) is 0 Å². The van der Waals surface area contributed by atoms with Crippen LogP contribution in [-0.4, -0.2) is 6.04 Å². The van der Waals surface area contributed by atoms with Crippen molar-refractivity contribution in [2.24, 2.45) is 5.84 Å². The Morgan fingerprint density at radius 1 is 1.11 bits per heavy atom. The molecule has 2 nitrogen and oxygen atoms in total. The minimum atomic E-state index is 0.377. The van der Waals surface area contributed by atoms with E-state index in [1.54, 1.807) is 0 Å². The first-order valence-corrected chi connectivity index (χ1v) is 7.59. The van der Waals surface area contributed by atoms with E-state index in [2.05, 4.69) is 41.8 Å². The van der Waals surface area contributed by atoms with Crippen LogP contribution in [0.3, 0.4) is 0 Å². The molecule has 0 heterocycles. The average Bonchev–Trinajstić information content (AvgIpc) is 2.74. The van der Waals surface area contributed by atoms with Crippen LogP contribution >= 0.6 is 0 Å². The minimum absolute atomic E-state index is 0.377. The highest BCUT2D eigenvalue weighted by atomic mass is 15.2. The predicted molar refractivity (Wildman–Crippen MR) is 81.7 cm³/mol. The third-order valence-corrected chi connectivity index (χ3v) is 4.03. The summed E-state index contributed by atoms with van der Waals surface area (Å²) in [5.74, 6) is 5.74. The van der Waals surface area contributed by atoms with E-state index in [1.807, 2.05) is 0 Å². The maximum absolute atomic E-state index is 5.74. The van der Waals surface area contributed by atoms with E-state index in [0.29, 0.717) is 6.04 Å². The first kappa shape index (κ1) is 14.3.